The van der Waals surface area contributed by atoms with Crippen LogP contribution in [0.1, 0.15) is 34.6 Å². The molecule has 18 heavy (non-hydrogen) atoms. The van der Waals surface area contributed by atoms with Crippen LogP contribution >= 0.6 is 0 Å². The highest BCUT2D eigenvalue weighted by Gasteiger charge is 2.10. The first-order valence-electron chi connectivity index (χ1n) is 6.33. The molecule has 0 rings (SSSR count). The van der Waals surface area contributed by atoms with Gasteiger partial charge in [-0.2, -0.15) is 0 Å². The summed E-state index contributed by atoms with van der Waals surface area (Å²) >= 11 is 0. The summed E-state index contributed by atoms with van der Waals surface area (Å²) in [7, 11) is 0. The smallest absolute Gasteiger partial charge is 0.0412 e. The van der Waals surface area contributed by atoms with Crippen LogP contribution in [0, 0.1) is 0 Å². The highest BCUT2D eigenvalue weighted by Crippen LogP contribution is 2.22. The van der Waals surface area contributed by atoms with Crippen LogP contribution in [0.5, 0.6) is 0 Å². The third-order valence-electron chi connectivity index (χ3n) is 2.49. The third kappa shape index (κ3) is 4.62. The van der Waals surface area contributed by atoms with Gasteiger partial charge in [0.1, 0.15) is 0 Å². The van der Waals surface area contributed by atoms with Gasteiger partial charge in [0, 0.05) is 17.1 Å². The number of nitrogens with zero attached hydrogens (tertiary/aromatic N) is 1. The molecule has 0 amide bonds. The molecule has 0 aliphatic heterocycles. The fourth-order valence-corrected chi connectivity index (χ4v) is 1.74. The van der Waals surface area contributed by atoms with Crippen LogP contribution in [-0.2, 0) is 0 Å². The van der Waals surface area contributed by atoms with E-state index in [9.17, 15) is 0 Å². The standard InChI is InChI=1S/C17H25N/c1-7-12-15(6)18(16(10-4)13-8-2)17(11-5)14-9-3/h7-14H,1H2,2-6H3/b13-8-,14-9-,15-12+,16-10+,17-11+. The van der Waals surface area contributed by atoms with E-state index in [1.165, 1.54) is 0 Å². The summed E-state index contributed by atoms with van der Waals surface area (Å²) in [6.07, 6.45) is 16.3. The Hall–Kier alpha value is -1.76. The molecule has 0 spiro atoms. The summed E-state index contributed by atoms with van der Waals surface area (Å²) in [5, 5.41) is 0. The lowest BCUT2D eigenvalue weighted by Crippen LogP contribution is -2.18. The van der Waals surface area contributed by atoms with E-state index in [2.05, 4.69) is 42.7 Å². The number of hydrogen-bond donors (Lipinski definition) is 0. The molecule has 0 saturated heterocycles. The fourth-order valence-electron chi connectivity index (χ4n) is 1.74. The lowest BCUT2D eigenvalue weighted by atomic mass is 10.2. The predicted octanol–water partition coefficient (Wildman–Crippen LogP) is 5.34. The van der Waals surface area contributed by atoms with Gasteiger partial charge in [-0.05, 0) is 52.8 Å². The molecule has 98 valence electrons. The summed E-state index contributed by atoms with van der Waals surface area (Å²) < 4.78 is 0. The largest absolute Gasteiger partial charge is 0.315 e. The summed E-state index contributed by atoms with van der Waals surface area (Å²) in [5.41, 5.74) is 3.45. The first kappa shape index (κ1) is 16.2. The molecule has 0 aromatic heterocycles. The van der Waals surface area contributed by atoms with Crippen LogP contribution in [-0.4, -0.2) is 4.90 Å². The van der Waals surface area contributed by atoms with Gasteiger partial charge < -0.3 is 4.90 Å². The molecule has 0 radical (unpaired) electrons. The van der Waals surface area contributed by atoms with Crippen LogP contribution in [0.2, 0.25) is 0 Å². The maximum atomic E-state index is 3.77. The van der Waals surface area contributed by atoms with Crippen LogP contribution in [0.3, 0.4) is 0 Å². The van der Waals surface area contributed by atoms with E-state index >= 15 is 0 Å². The molecule has 0 aromatic carbocycles. The Bertz CT molecular complexity index is 375. The Morgan fingerprint density at radius 2 is 1.33 bits per heavy atom. The van der Waals surface area contributed by atoms with Crippen molar-refractivity contribution in [1.29, 1.82) is 0 Å². The monoisotopic (exact) mass is 243 g/mol. The predicted molar refractivity (Wildman–Crippen MR) is 82.9 cm³/mol. The van der Waals surface area contributed by atoms with Gasteiger partial charge >= 0.3 is 0 Å². The summed E-state index contributed by atoms with van der Waals surface area (Å²) in [6.45, 7) is 14.0. The van der Waals surface area contributed by atoms with Crippen molar-refractivity contribution in [3.8, 4) is 0 Å². The average molecular weight is 243 g/mol. The first-order chi connectivity index (χ1) is 8.65. The molecule has 1 heteroatoms. The van der Waals surface area contributed by atoms with E-state index in [0.717, 1.165) is 17.1 Å². The summed E-state index contributed by atoms with van der Waals surface area (Å²) in [6, 6.07) is 0. The van der Waals surface area contributed by atoms with Gasteiger partial charge in [0.15, 0.2) is 0 Å². The van der Waals surface area contributed by atoms with Crippen molar-refractivity contribution in [1.82, 2.24) is 4.90 Å². The van der Waals surface area contributed by atoms with Crippen LogP contribution in [0.25, 0.3) is 0 Å². The zero-order valence-corrected chi connectivity index (χ0v) is 12.3. The summed E-state index contributed by atoms with van der Waals surface area (Å²) in [4.78, 5) is 2.21. The summed E-state index contributed by atoms with van der Waals surface area (Å²) in [5.74, 6) is 0. The van der Waals surface area contributed by atoms with Gasteiger partial charge in [0.25, 0.3) is 0 Å². The Kier molecular flexibility index (Phi) is 8.38. The van der Waals surface area contributed by atoms with Gasteiger partial charge in [0.05, 0.1) is 0 Å². The highest BCUT2D eigenvalue weighted by atomic mass is 15.2. The SMILES string of the molecule is C=C/C=C(\C)N(C(/C=C\C)=C/C)C(/C=C\C)=C/C. The van der Waals surface area contributed by atoms with E-state index in [1.54, 1.807) is 0 Å². The minimum atomic E-state index is 1.14. The molecule has 1 nitrogen and oxygen atoms in total. The minimum absolute atomic E-state index is 1.14. The average Bonchev–Trinajstić information content (AvgIpc) is 2.37. The van der Waals surface area contributed by atoms with E-state index in [-0.39, 0.29) is 0 Å². The molecule has 0 heterocycles. The van der Waals surface area contributed by atoms with Crippen molar-refractivity contribution in [3.63, 3.8) is 0 Å². The second-order valence-corrected chi connectivity index (χ2v) is 3.81. The van der Waals surface area contributed by atoms with Crippen molar-refractivity contribution in [2.24, 2.45) is 0 Å². The van der Waals surface area contributed by atoms with Crippen molar-refractivity contribution in [2.45, 2.75) is 34.6 Å². The lowest BCUT2D eigenvalue weighted by molar-refractivity contribution is 0.558. The molecule has 0 aromatic rings. The molecule has 0 aliphatic rings. The second kappa shape index (κ2) is 9.29. The van der Waals surface area contributed by atoms with Gasteiger partial charge in [-0.25, -0.2) is 0 Å². The van der Waals surface area contributed by atoms with Gasteiger partial charge in [-0.15, -0.1) is 0 Å². The van der Waals surface area contributed by atoms with Crippen LogP contribution < -0.4 is 0 Å². The Balaban J connectivity index is 5.70. The van der Waals surface area contributed by atoms with Crippen molar-refractivity contribution < 1.29 is 0 Å². The molecule has 0 N–H and O–H groups in total. The van der Waals surface area contributed by atoms with Crippen molar-refractivity contribution in [2.75, 3.05) is 0 Å². The maximum Gasteiger partial charge on any atom is 0.0412 e. The normalized spacial score (nSPS) is 14.6. The van der Waals surface area contributed by atoms with E-state index in [1.807, 2.05) is 52.0 Å². The van der Waals surface area contributed by atoms with Crippen molar-refractivity contribution >= 4 is 0 Å². The van der Waals surface area contributed by atoms with Crippen LogP contribution in [0.15, 0.2) is 72.3 Å². The molecular weight excluding hydrogens is 218 g/mol. The zero-order chi connectivity index (χ0) is 14.0. The molecule has 0 aliphatic carbocycles. The van der Waals surface area contributed by atoms with Gasteiger partial charge in [-0.1, -0.05) is 37.0 Å². The second-order valence-electron chi connectivity index (χ2n) is 3.81. The Labute approximate surface area is 112 Å². The molecule has 0 saturated carbocycles. The third-order valence-corrected chi connectivity index (χ3v) is 2.49. The zero-order valence-electron chi connectivity index (χ0n) is 12.3. The van der Waals surface area contributed by atoms with E-state index < -0.39 is 0 Å². The fraction of sp³-hybridized carbons (Fsp3) is 0.294. The maximum absolute atomic E-state index is 3.77. The quantitative estimate of drug-likeness (QED) is 0.569. The minimum Gasteiger partial charge on any atom is -0.315 e. The van der Waals surface area contributed by atoms with Gasteiger partial charge in [-0.3, -0.25) is 0 Å². The number of allylic oxidation sites excluding steroid dienone is 9. The Morgan fingerprint density at radius 1 is 0.889 bits per heavy atom. The highest BCUT2D eigenvalue weighted by molar-refractivity contribution is 5.34. The van der Waals surface area contributed by atoms with Gasteiger partial charge in [0.2, 0.25) is 0 Å². The van der Waals surface area contributed by atoms with Crippen molar-refractivity contribution in [3.05, 3.63) is 72.3 Å². The van der Waals surface area contributed by atoms with Crippen LogP contribution in [0.4, 0.5) is 0 Å². The van der Waals surface area contributed by atoms with E-state index in [4.69, 9.17) is 0 Å². The Morgan fingerprint density at radius 3 is 1.61 bits per heavy atom. The molecule has 0 atom stereocenters. The number of rotatable bonds is 6. The molecule has 0 fully saturated rings. The molecule has 0 unspecified atom stereocenters. The number of hydrogen-bond acceptors (Lipinski definition) is 1. The topological polar surface area (TPSA) is 3.24 Å². The lowest BCUT2D eigenvalue weighted by Gasteiger charge is -2.27. The van der Waals surface area contributed by atoms with E-state index in [0.29, 0.717) is 0 Å². The molecular formula is C17H25N. The molecule has 0 bridgehead atoms. The first-order valence-corrected chi connectivity index (χ1v) is 6.33.